The summed E-state index contributed by atoms with van der Waals surface area (Å²) in [6.45, 7) is 0.981. The molecule has 12 heavy (non-hydrogen) atoms. The molecule has 3 rings (SSSR count). The molecule has 2 fully saturated rings. The molecule has 1 saturated carbocycles. The molecule has 2 aliphatic rings. The monoisotopic (exact) mass is 160 g/mol. The Morgan fingerprint density at radius 3 is 2.33 bits per heavy atom. The minimum absolute atomic E-state index is 0.432. The second-order valence-corrected chi connectivity index (χ2v) is 3.84. The molecule has 1 saturated heterocycles. The third-order valence-electron chi connectivity index (χ3n) is 3.09. The second-order valence-electron chi connectivity index (χ2n) is 3.84. The van der Waals surface area contributed by atoms with Crippen LogP contribution in [-0.2, 0) is 10.2 Å². The lowest BCUT2D eigenvalue weighted by Gasteiger charge is -2.11. The van der Waals surface area contributed by atoms with Gasteiger partial charge in [0.15, 0.2) is 0 Å². The van der Waals surface area contributed by atoms with E-state index in [-0.39, 0.29) is 0 Å². The van der Waals surface area contributed by atoms with Gasteiger partial charge in [0.1, 0.15) is 0 Å². The van der Waals surface area contributed by atoms with Crippen LogP contribution in [0.25, 0.3) is 0 Å². The average molecular weight is 160 g/mol. The van der Waals surface area contributed by atoms with E-state index in [1.165, 1.54) is 18.4 Å². The lowest BCUT2D eigenvalue weighted by atomic mass is 9.93. The van der Waals surface area contributed by atoms with E-state index in [0.717, 1.165) is 6.61 Å². The highest BCUT2D eigenvalue weighted by Gasteiger charge is 2.56. The van der Waals surface area contributed by atoms with Crippen LogP contribution in [0.1, 0.15) is 18.4 Å². The van der Waals surface area contributed by atoms with E-state index in [9.17, 15) is 0 Å². The molecule has 1 aliphatic heterocycles. The Balaban J connectivity index is 1.97. The largest absolute Gasteiger partial charge is 0.372 e. The van der Waals surface area contributed by atoms with Crippen molar-refractivity contribution in [3.05, 3.63) is 35.9 Å². The summed E-state index contributed by atoms with van der Waals surface area (Å²) >= 11 is 0. The summed E-state index contributed by atoms with van der Waals surface area (Å²) in [5, 5.41) is 0. The third-order valence-corrected chi connectivity index (χ3v) is 3.09. The standard InChI is InChI=1S/C11H12O/c1-2-4-9(5-3-1)11(6-7-11)10-8-12-10/h1-5,10H,6-8H2/t10-/m1/s1. The Hall–Kier alpha value is -0.820. The maximum Gasteiger partial charge on any atom is 0.0906 e. The summed E-state index contributed by atoms with van der Waals surface area (Å²) < 4.78 is 5.39. The number of benzene rings is 1. The summed E-state index contributed by atoms with van der Waals surface area (Å²) in [6.07, 6.45) is 3.18. The lowest BCUT2D eigenvalue weighted by molar-refractivity contribution is 0.364. The molecule has 1 aliphatic carbocycles. The quantitative estimate of drug-likeness (QED) is 0.604. The molecule has 1 aromatic rings. The molecule has 1 heterocycles. The molecule has 62 valence electrons. The molecule has 0 bridgehead atoms. The van der Waals surface area contributed by atoms with Gasteiger partial charge in [-0.25, -0.2) is 0 Å². The molecule has 1 heteroatoms. The molecule has 1 aromatic carbocycles. The number of hydrogen-bond donors (Lipinski definition) is 0. The fraction of sp³-hybridized carbons (Fsp3) is 0.455. The molecule has 0 N–H and O–H groups in total. The topological polar surface area (TPSA) is 12.5 Å². The minimum Gasteiger partial charge on any atom is -0.372 e. The predicted molar refractivity (Wildman–Crippen MR) is 47.1 cm³/mol. The van der Waals surface area contributed by atoms with Crippen LogP contribution in [0.5, 0.6) is 0 Å². The van der Waals surface area contributed by atoms with Crippen molar-refractivity contribution in [3.63, 3.8) is 0 Å². The van der Waals surface area contributed by atoms with E-state index in [1.54, 1.807) is 0 Å². The lowest BCUT2D eigenvalue weighted by Crippen LogP contribution is -2.13. The first kappa shape index (κ1) is 6.67. The first-order valence-corrected chi connectivity index (χ1v) is 4.59. The number of ether oxygens (including phenoxy) is 1. The van der Waals surface area contributed by atoms with Gasteiger partial charge in [-0.15, -0.1) is 0 Å². The average Bonchev–Trinajstić information content (AvgIpc) is 2.99. The van der Waals surface area contributed by atoms with Crippen LogP contribution < -0.4 is 0 Å². The maximum absolute atomic E-state index is 5.39. The van der Waals surface area contributed by atoms with Crippen LogP contribution in [0.15, 0.2) is 30.3 Å². The zero-order valence-electron chi connectivity index (χ0n) is 6.99. The fourth-order valence-electron chi connectivity index (χ4n) is 2.07. The van der Waals surface area contributed by atoms with Gasteiger partial charge in [0, 0.05) is 5.41 Å². The molecule has 1 nitrogen and oxygen atoms in total. The van der Waals surface area contributed by atoms with Crippen molar-refractivity contribution >= 4 is 0 Å². The summed E-state index contributed by atoms with van der Waals surface area (Å²) in [6, 6.07) is 10.8. The minimum atomic E-state index is 0.432. The second kappa shape index (κ2) is 2.11. The van der Waals surface area contributed by atoms with Crippen molar-refractivity contribution in [2.75, 3.05) is 6.61 Å². The Labute approximate surface area is 72.4 Å². The van der Waals surface area contributed by atoms with Gasteiger partial charge in [0.2, 0.25) is 0 Å². The van der Waals surface area contributed by atoms with Crippen LogP contribution in [0.2, 0.25) is 0 Å². The van der Waals surface area contributed by atoms with E-state index >= 15 is 0 Å². The van der Waals surface area contributed by atoms with Gasteiger partial charge >= 0.3 is 0 Å². The molecule has 0 spiro atoms. The highest BCUT2D eigenvalue weighted by atomic mass is 16.6. The molecule has 1 atom stereocenters. The molecular weight excluding hydrogens is 148 g/mol. The van der Waals surface area contributed by atoms with Crippen molar-refractivity contribution in [1.29, 1.82) is 0 Å². The van der Waals surface area contributed by atoms with Crippen molar-refractivity contribution < 1.29 is 4.74 Å². The number of epoxide rings is 1. The smallest absolute Gasteiger partial charge is 0.0906 e. The van der Waals surface area contributed by atoms with Crippen LogP contribution in [-0.4, -0.2) is 12.7 Å². The first-order chi connectivity index (χ1) is 5.92. The highest BCUT2D eigenvalue weighted by molar-refractivity contribution is 5.34. The Morgan fingerprint density at radius 2 is 1.83 bits per heavy atom. The van der Waals surface area contributed by atoms with Gasteiger partial charge in [-0.1, -0.05) is 30.3 Å². The van der Waals surface area contributed by atoms with E-state index in [0.29, 0.717) is 11.5 Å². The Bertz CT molecular complexity index is 283. The molecule has 0 radical (unpaired) electrons. The van der Waals surface area contributed by atoms with Crippen LogP contribution in [0.4, 0.5) is 0 Å². The van der Waals surface area contributed by atoms with E-state index in [1.807, 2.05) is 0 Å². The SMILES string of the molecule is c1ccc(C2([C@H]3CO3)CC2)cc1. The van der Waals surface area contributed by atoms with E-state index in [2.05, 4.69) is 30.3 Å². The van der Waals surface area contributed by atoms with Crippen LogP contribution in [0, 0.1) is 0 Å². The molecule has 0 aromatic heterocycles. The van der Waals surface area contributed by atoms with Gasteiger partial charge in [-0.05, 0) is 18.4 Å². The van der Waals surface area contributed by atoms with Gasteiger partial charge in [-0.2, -0.15) is 0 Å². The summed E-state index contributed by atoms with van der Waals surface area (Å²) in [4.78, 5) is 0. The summed E-state index contributed by atoms with van der Waals surface area (Å²) in [7, 11) is 0. The number of hydrogen-bond acceptors (Lipinski definition) is 1. The Morgan fingerprint density at radius 1 is 1.17 bits per heavy atom. The predicted octanol–water partition coefficient (Wildman–Crippen LogP) is 2.12. The van der Waals surface area contributed by atoms with Crippen molar-refractivity contribution in [2.24, 2.45) is 0 Å². The van der Waals surface area contributed by atoms with Crippen LogP contribution >= 0.6 is 0 Å². The highest BCUT2D eigenvalue weighted by Crippen LogP contribution is 2.55. The first-order valence-electron chi connectivity index (χ1n) is 4.59. The van der Waals surface area contributed by atoms with Gasteiger partial charge in [0.25, 0.3) is 0 Å². The van der Waals surface area contributed by atoms with Crippen molar-refractivity contribution in [2.45, 2.75) is 24.4 Å². The normalized spacial score (nSPS) is 29.8. The van der Waals surface area contributed by atoms with Gasteiger partial charge in [-0.3, -0.25) is 0 Å². The zero-order chi connectivity index (χ0) is 8.02. The van der Waals surface area contributed by atoms with Gasteiger partial charge < -0.3 is 4.74 Å². The molecule has 0 unspecified atom stereocenters. The number of rotatable bonds is 2. The summed E-state index contributed by atoms with van der Waals surface area (Å²) in [5.74, 6) is 0. The van der Waals surface area contributed by atoms with Crippen molar-refractivity contribution in [3.8, 4) is 0 Å². The van der Waals surface area contributed by atoms with E-state index in [4.69, 9.17) is 4.74 Å². The summed E-state index contributed by atoms with van der Waals surface area (Å²) in [5.41, 5.74) is 1.91. The third kappa shape index (κ3) is 0.831. The zero-order valence-corrected chi connectivity index (χ0v) is 6.99. The van der Waals surface area contributed by atoms with Crippen LogP contribution in [0.3, 0.4) is 0 Å². The molecular formula is C11H12O. The molecule has 0 amide bonds. The van der Waals surface area contributed by atoms with Crippen molar-refractivity contribution in [1.82, 2.24) is 0 Å². The maximum atomic E-state index is 5.39. The fourth-order valence-corrected chi connectivity index (χ4v) is 2.07. The van der Waals surface area contributed by atoms with E-state index < -0.39 is 0 Å². The Kier molecular flexibility index (Phi) is 1.17. The van der Waals surface area contributed by atoms with Gasteiger partial charge in [0.05, 0.1) is 12.7 Å².